The molecule has 0 atom stereocenters. The molecule has 108 valence electrons. The van der Waals surface area contributed by atoms with Gasteiger partial charge in [-0.05, 0) is 43.2 Å². The van der Waals surface area contributed by atoms with E-state index in [0.29, 0.717) is 22.6 Å². The van der Waals surface area contributed by atoms with Crippen LogP contribution in [0.1, 0.15) is 22.4 Å². The van der Waals surface area contributed by atoms with E-state index >= 15 is 0 Å². The number of pyridine rings is 1. The molecule has 2 aromatic rings. The van der Waals surface area contributed by atoms with Crippen molar-refractivity contribution in [2.24, 2.45) is 0 Å². The average Bonchev–Trinajstić information content (AvgIpc) is 2.47. The van der Waals surface area contributed by atoms with Gasteiger partial charge in [-0.1, -0.05) is 6.07 Å². The molecule has 1 heterocycles. The molecular weight excluding hydrogens is 268 g/mol. The normalized spacial score (nSPS) is 10.0. The van der Waals surface area contributed by atoms with Gasteiger partial charge in [0, 0.05) is 5.69 Å². The van der Waals surface area contributed by atoms with Gasteiger partial charge in [-0.3, -0.25) is 0 Å². The van der Waals surface area contributed by atoms with Gasteiger partial charge in [0.1, 0.15) is 11.6 Å². The first kappa shape index (κ1) is 14.8. The zero-order valence-corrected chi connectivity index (χ0v) is 12.2. The monoisotopic (exact) mass is 284 g/mol. The minimum absolute atomic E-state index is 0.0815. The number of ether oxygens (including phenoxy) is 2. The lowest BCUT2D eigenvalue weighted by molar-refractivity contribution is 0.280. The SMILES string of the molecule is COc1cc(CO)ccc1Oc1nc(C)cc(C)c1C#N. The molecule has 21 heavy (non-hydrogen) atoms. The van der Waals surface area contributed by atoms with E-state index in [4.69, 9.17) is 14.6 Å². The van der Waals surface area contributed by atoms with Crippen molar-refractivity contribution in [2.75, 3.05) is 7.11 Å². The van der Waals surface area contributed by atoms with Crippen molar-refractivity contribution in [3.8, 4) is 23.4 Å². The van der Waals surface area contributed by atoms with E-state index in [1.807, 2.05) is 19.9 Å². The molecule has 0 radical (unpaired) electrons. The third-order valence-corrected chi connectivity index (χ3v) is 3.04. The maximum absolute atomic E-state index is 9.24. The average molecular weight is 284 g/mol. The molecular formula is C16H16N2O3. The van der Waals surface area contributed by atoms with Crippen molar-refractivity contribution in [3.05, 3.63) is 46.6 Å². The highest BCUT2D eigenvalue weighted by molar-refractivity contribution is 5.50. The van der Waals surface area contributed by atoms with E-state index in [1.165, 1.54) is 7.11 Å². The van der Waals surface area contributed by atoms with E-state index in [1.54, 1.807) is 18.2 Å². The molecule has 0 aliphatic heterocycles. The van der Waals surface area contributed by atoms with Gasteiger partial charge in [0.15, 0.2) is 11.5 Å². The largest absolute Gasteiger partial charge is 0.493 e. The molecule has 5 heteroatoms. The standard InChI is InChI=1S/C16H16N2O3/c1-10-6-11(2)18-16(13(10)8-17)21-14-5-4-12(9-19)7-15(14)20-3/h4-7,19H,9H2,1-3H3. The molecule has 0 saturated carbocycles. The molecule has 2 rings (SSSR count). The van der Waals surface area contributed by atoms with Crippen molar-refractivity contribution in [3.63, 3.8) is 0 Å². The number of hydrogen-bond acceptors (Lipinski definition) is 5. The first-order valence-corrected chi connectivity index (χ1v) is 6.43. The van der Waals surface area contributed by atoms with Gasteiger partial charge < -0.3 is 14.6 Å². The van der Waals surface area contributed by atoms with Crippen LogP contribution in [0.5, 0.6) is 17.4 Å². The zero-order chi connectivity index (χ0) is 15.4. The number of rotatable bonds is 4. The summed E-state index contributed by atoms with van der Waals surface area (Å²) in [5.41, 5.74) is 2.69. The van der Waals surface area contributed by atoms with Crippen LogP contribution in [0.15, 0.2) is 24.3 Å². The Bertz CT molecular complexity index is 705. The third kappa shape index (κ3) is 3.12. The summed E-state index contributed by atoms with van der Waals surface area (Å²) < 4.78 is 11.0. The molecule has 1 aromatic carbocycles. The van der Waals surface area contributed by atoms with Crippen LogP contribution >= 0.6 is 0 Å². The van der Waals surface area contributed by atoms with Crippen LogP contribution in [-0.4, -0.2) is 17.2 Å². The van der Waals surface area contributed by atoms with Gasteiger partial charge in [0.2, 0.25) is 5.88 Å². The molecule has 0 spiro atoms. The Morgan fingerprint density at radius 3 is 2.62 bits per heavy atom. The molecule has 5 nitrogen and oxygen atoms in total. The lowest BCUT2D eigenvalue weighted by Gasteiger charge is -2.13. The molecule has 1 aromatic heterocycles. The highest BCUT2D eigenvalue weighted by Gasteiger charge is 2.14. The Labute approximate surface area is 123 Å². The Morgan fingerprint density at radius 1 is 1.24 bits per heavy atom. The summed E-state index contributed by atoms with van der Waals surface area (Å²) in [5, 5.41) is 18.4. The van der Waals surface area contributed by atoms with Gasteiger partial charge in [-0.25, -0.2) is 4.98 Å². The Morgan fingerprint density at radius 2 is 2.00 bits per heavy atom. The predicted molar refractivity (Wildman–Crippen MR) is 77.4 cm³/mol. The van der Waals surface area contributed by atoms with E-state index in [2.05, 4.69) is 11.1 Å². The van der Waals surface area contributed by atoms with E-state index in [0.717, 1.165) is 11.3 Å². The molecule has 1 N–H and O–H groups in total. The summed E-state index contributed by atoms with van der Waals surface area (Å²) in [7, 11) is 1.52. The fourth-order valence-corrected chi connectivity index (χ4v) is 2.01. The van der Waals surface area contributed by atoms with Gasteiger partial charge in [-0.15, -0.1) is 0 Å². The zero-order valence-electron chi connectivity index (χ0n) is 12.2. The number of methoxy groups -OCH3 is 1. The van der Waals surface area contributed by atoms with Crippen molar-refractivity contribution in [1.29, 1.82) is 5.26 Å². The summed E-state index contributed by atoms with van der Waals surface area (Å²) in [6.45, 7) is 3.60. The number of aryl methyl sites for hydroxylation is 2. The number of aliphatic hydroxyl groups is 1. The second kappa shape index (κ2) is 6.25. The van der Waals surface area contributed by atoms with Gasteiger partial charge in [0.05, 0.1) is 13.7 Å². The molecule has 0 aliphatic carbocycles. The van der Waals surface area contributed by atoms with Crippen LogP contribution in [0.4, 0.5) is 0 Å². The molecule has 0 fully saturated rings. The summed E-state index contributed by atoms with van der Waals surface area (Å²) in [6, 6.07) is 9.03. The van der Waals surface area contributed by atoms with Crippen LogP contribution in [0.3, 0.4) is 0 Å². The summed E-state index contributed by atoms with van der Waals surface area (Å²) in [6.07, 6.45) is 0. The molecule has 0 saturated heterocycles. The van der Waals surface area contributed by atoms with Crippen molar-refractivity contribution >= 4 is 0 Å². The molecule has 0 bridgehead atoms. The first-order chi connectivity index (χ1) is 10.1. The molecule has 0 aliphatic rings. The Hall–Kier alpha value is -2.58. The number of nitrogens with zero attached hydrogens (tertiary/aromatic N) is 2. The number of benzene rings is 1. The van der Waals surface area contributed by atoms with Crippen LogP contribution in [-0.2, 0) is 6.61 Å². The minimum Gasteiger partial charge on any atom is -0.493 e. The van der Waals surface area contributed by atoms with Crippen molar-refractivity contribution in [2.45, 2.75) is 20.5 Å². The quantitative estimate of drug-likeness (QED) is 0.934. The molecule has 0 amide bonds. The van der Waals surface area contributed by atoms with E-state index in [9.17, 15) is 5.26 Å². The van der Waals surface area contributed by atoms with Crippen LogP contribution in [0.2, 0.25) is 0 Å². The van der Waals surface area contributed by atoms with Gasteiger partial charge >= 0.3 is 0 Å². The topological polar surface area (TPSA) is 75.4 Å². The second-order valence-corrected chi connectivity index (χ2v) is 4.62. The fourth-order valence-electron chi connectivity index (χ4n) is 2.01. The van der Waals surface area contributed by atoms with E-state index in [-0.39, 0.29) is 12.5 Å². The molecule has 0 unspecified atom stereocenters. The number of hydrogen-bond donors (Lipinski definition) is 1. The maximum Gasteiger partial charge on any atom is 0.237 e. The van der Waals surface area contributed by atoms with Crippen molar-refractivity contribution in [1.82, 2.24) is 4.98 Å². The van der Waals surface area contributed by atoms with Gasteiger partial charge in [-0.2, -0.15) is 5.26 Å². The highest BCUT2D eigenvalue weighted by Crippen LogP contribution is 2.33. The van der Waals surface area contributed by atoms with Crippen molar-refractivity contribution < 1.29 is 14.6 Å². The fraction of sp³-hybridized carbons (Fsp3) is 0.250. The maximum atomic E-state index is 9.24. The lowest BCUT2D eigenvalue weighted by Crippen LogP contribution is -1.99. The predicted octanol–water partition coefficient (Wildman–Crippen LogP) is 2.86. The number of aliphatic hydroxyl groups excluding tert-OH is 1. The summed E-state index contributed by atoms with van der Waals surface area (Å²) in [4.78, 5) is 4.27. The first-order valence-electron chi connectivity index (χ1n) is 6.43. The van der Waals surface area contributed by atoms with Crippen LogP contribution in [0, 0.1) is 25.2 Å². The smallest absolute Gasteiger partial charge is 0.237 e. The Balaban J connectivity index is 2.45. The van der Waals surface area contributed by atoms with Crippen LogP contribution < -0.4 is 9.47 Å². The number of nitriles is 1. The summed E-state index contributed by atoms with van der Waals surface area (Å²) >= 11 is 0. The van der Waals surface area contributed by atoms with Crippen LogP contribution in [0.25, 0.3) is 0 Å². The van der Waals surface area contributed by atoms with E-state index < -0.39 is 0 Å². The number of aromatic nitrogens is 1. The summed E-state index contributed by atoms with van der Waals surface area (Å²) in [5.74, 6) is 1.18. The second-order valence-electron chi connectivity index (χ2n) is 4.62. The highest BCUT2D eigenvalue weighted by atomic mass is 16.5. The Kier molecular flexibility index (Phi) is 4.41. The van der Waals surface area contributed by atoms with Gasteiger partial charge in [0.25, 0.3) is 0 Å². The third-order valence-electron chi connectivity index (χ3n) is 3.04. The lowest BCUT2D eigenvalue weighted by atomic mass is 10.1. The minimum atomic E-state index is -0.0815.